The summed E-state index contributed by atoms with van der Waals surface area (Å²) in [5, 5.41) is 8.70. The SMILES string of the molecule is CCCN(Cc1nnc(-c2ccco2)o1)C(=O)c1cc2ccc(F)cc2nc1C. The molecular formula is C21H19FN4O3. The lowest BCUT2D eigenvalue weighted by atomic mass is 10.1. The van der Waals surface area contributed by atoms with Gasteiger partial charge in [-0.15, -0.1) is 10.2 Å². The number of benzene rings is 1. The molecule has 4 aromatic rings. The van der Waals surface area contributed by atoms with Gasteiger partial charge in [-0.1, -0.05) is 6.92 Å². The number of halogens is 1. The Balaban J connectivity index is 1.61. The molecule has 0 aliphatic heterocycles. The van der Waals surface area contributed by atoms with Crippen LogP contribution in [0.5, 0.6) is 0 Å². The van der Waals surface area contributed by atoms with Crippen LogP contribution >= 0.6 is 0 Å². The van der Waals surface area contributed by atoms with Crippen molar-refractivity contribution in [1.29, 1.82) is 0 Å². The van der Waals surface area contributed by atoms with Gasteiger partial charge in [-0.05, 0) is 43.7 Å². The number of rotatable bonds is 6. The molecule has 0 fully saturated rings. The zero-order chi connectivity index (χ0) is 20.4. The lowest BCUT2D eigenvalue weighted by Crippen LogP contribution is -2.32. The van der Waals surface area contributed by atoms with Crippen molar-refractivity contribution >= 4 is 16.8 Å². The highest BCUT2D eigenvalue weighted by Gasteiger charge is 2.22. The van der Waals surface area contributed by atoms with Crippen molar-refractivity contribution in [2.75, 3.05) is 6.54 Å². The van der Waals surface area contributed by atoms with Gasteiger partial charge in [0.2, 0.25) is 5.89 Å². The first-order valence-electron chi connectivity index (χ1n) is 9.27. The molecule has 0 aliphatic carbocycles. The largest absolute Gasteiger partial charge is 0.459 e. The predicted octanol–water partition coefficient (Wildman–Crippen LogP) is 4.38. The number of fused-ring (bicyclic) bond motifs is 1. The normalized spacial score (nSPS) is 11.1. The van der Waals surface area contributed by atoms with Crippen LogP contribution in [0.25, 0.3) is 22.6 Å². The van der Waals surface area contributed by atoms with Crippen molar-refractivity contribution in [1.82, 2.24) is 20.1 Å². The van der Waals surface area contributed by atoms with Crippen LogP contribution < -0.4 is 0 Å². The fraction of sp³-hybridized carbons (Fsp3) is 0.238. The van der Waals surface area contributed by atoms with E-state index in [2.05, 4.69) is 15.2 Å². The van der Waals surface area contributed by atoms with Gasteiger partial charge in [0.15, 0.2) is 5.76 Å². The first-order valence-corrected chi connectivity index (χ1v) is 9.27. The summed E-state index contributed by atoms with van der Waals surface area (Å²) >= 11 is 0. The minimum atomic E-state index is -0.361. The Hall–Kier alpha value is -3.55. The molecule has 0 aliphatic rings. The van der Waals surface area contributed by atoms with Gasteiger partial charge in [0.25, 0.3) is 11.8 Å². The molecule has 0 unspecified atom stereocenters. The molecule has 3 heterocycles. The van der Waals surface area contributed by atoms with Crippen molar-refractivity contribution in [3.63, 3.8) is 0 Å². The van der Waals surface area contributed by atoms with E-state index in [1.807, 2.05) is 6.92 Å². The molecule has 0 N–H and O–H groups in total. The third kappa shape index (κ3) is 3.87. The van der Waals surface area contributed by atoms with Crippen LogP contribution in [0.4, 0.5) is 4.39 Å². The number of aromatic nitrogens is 3. The summed E-state index contributed by atoms with van der Waals surface area (Å²) < 4.78 is 24.3. The van der Waals surface area contributed by atoms with Crippen LogP contribution in [0.15, 0.2) is 51.5 Å². The Morgan fingerprint density at radius 3 is 2.83 bits per heavy atom. The average Bonchev–Trinajstić information content (AvgIpc) is 3.38. The summed E-state index contributed by atoms with van der Waals surface area (Å²) in [4.78, 5) is 19.2. The first kappa shape index (κ1) is 18.8. The molecule has 0 atom stereocenters. The van der Waals surface area contributed by atoms with Crippen LogP contribution in [-0.2, 0) is 6.54 Å². The number of hydrogen-bond donors (Lipinski definition) is 0. The van der Waals surface area contributed by atoms with Gasteiger partial charge in [-0.3, -0.25) is 9.78 Å². The fourth-order valence-corrected chi connectivity index (χ4v) is 3.13. The van der Waals surface area contributed by atoms with E-state index in [1.165, 1.54) is 18.4 Å². The van der Waals surface area contributed by atoms with Gasteiger partial charge in [0.05, 0.1) is 29.6 Å². The van der Waals surface area contributed by atoms with Crippen LogP contribution in [-0.4, -0.2) is 32.5 Å². The van der Waals surface area contributed by atoms with Gasteiger partial charge in [0, 0.05) is 18.0 Å². The molecule has 8 heteroatoms. The lowest BCUT2D eigenvalue weighted by molar-refractivity contribution is 0.0727. The summed E-state index contributed by atoms with van der Waals surface area (Å²) in [5.74, 6) is 0.491. The van der Waals surface area contributed by atoms with E-state index < -0.39 is 0 Å². The van der Waals surface area contributed by atoms with Gasteiger partial charge in [0.1, 0.15) is 5.82 Å². The average molecular weight is 394 g/mol. The first-order chi connectivity index (χ1) is 14.0. The molecule has 1 amide bonds. The molecular weight excluding hydrogens is 375 g/mol. The van der Waals surface area contributed by atoms with Crippen LogP contribution in [0.1, 0.15) is 35.3 Å². The molecule has 3 aromatic heterocycles. The third-order valence-corrected chi connectivity index (χ3v) is 4.51. The van der Waals surface area contributed by atoms with Crippen LogP contribution in [0, 0.1) is 12.7 Å². The van der Waals surface area contributed by atoms with E-state index in [4.69, 9.17) is 8.83 Å². The molecule has 1 aromatic carbocycles. The Morgan fingerprint density at radius 1 is 1.21 bits per heavy atom. The van der Waals surface area contributed by atoms with Gasteiger partial charge in [-0.25, -0.2) is 4.39 Å². The number of pyridine rings is 1. The molecule has 0 spiro atoms. The maximum Gasteiger partial charge on any atom is 0.283 e. The third-order valence-electron chi connectivity index (χ3n) is 4.51. The summed E-state index contributed by atoms with van der Waals surface area (Å²) in [5.41, 5.74) is 1.51. The quantitative estimate of drug-likeness (QED) is 0.482. The van der Waals surface area contributed by atoms with E-state index in [9.17, 15) is 9.18 Å². The minimum absolute atomic E-state index is 0.168. The zero-order valence-corrected chi connectivity index (χ0v) is 16.1. The van der Waals surface area contributed by atoms with Crippen LogP contribution in [0.2, 0.25) is 0 Å². The zero-order valence-electron chi connectivity index (χ0n) is 16.1. The lowest BCUT2D eigenvalue weighted by Gasteiger charge is -2.21. The maximum absolute atomic E-state index is 13.5. The molecule has 0 saturated carbocycles. The van der Waals surface area contributed by atoms with Crippen molar-refractivity contribution in [3.8, 4) is 11.7 Å². The number of furan rings is 1. The van der Waals surface area contributed by atoms with E-state index in [1.54, 1.807) is 36.1 Å². The van der Waals surface area contributed by atoms with Crippen molar-refractivity contribution in [3.05, 3.63) is 65.6 Å². The summed E-state index contributed by atoms with van der Waals surface area (Å²) in [6.45, 7) is 4.40. The van der Waals surface area contributed by atoms with Gasteiger partial charge < -0.3 is 13.7 Å². The predicted molar refractivity (Wildman–Crippen MR) is 103 cm³/mol. The smallest absolute Gasteiger partial charge is 0.283 e. The van der Waals surface area contributed by atoms with Crippen molar-refractivity contribution in [2.24, 2.45) is 0 Å². The maximum atomic E-state index is 13.5. The Morgan fingerprint density at radius 2 is 2.07 bits per heavy atom. The van der Waals surface area contributed by atoms with Gasteiger partial charge in [-0.2, -0.15) is 0 Å². The highest BCUT2D eigenvalue weighted by molar-refractivity contribution is 5.98. The summed E-state index contributed by atoms with van der Waals surface area (Å²) in [6, 6.07) is 9.52. The number of carbonyl (C=O) groups is 1. The number of carbonyl (C=O) groups excluding carboxylic acids is 1. The Labute approximate surface area is 166 Å². The van der Waals surface area contributed by atoms with Gasteiger partial charge >= 0.3 is 0 Å². The molecule has 4 rings (SSSR count). The molecule has 0 bridgehead atoms. The molecule has 29 heavy (non-hydrogen) atoms. The second kappa shape index (κ2) is 7.83. The monoisotopic (exact) mass is 394 g/mol. The summed E-state index contributed by atoms with van der Waals surface area (Å²) in [6.07, 6.45) is 2.28. The van der Waals surface area contributed by atoms with E-state index in [0.29, 0.717) is 40.4 Å². The van der Waals surface area contributed by atoms with E-state index in [0.717, 1.165) is 6.42 Å². The Bertz CT molecular complexity index is 1150. The summed E-state index contributed by atoms with van der Waals surface area (Å²) in [7, 11) is 0. The second-order valence-corrected chi connectivity index (χ2v) is 6.66. The van der Waals surface area contributed by atoms with Crippen molar-refractivity contribution < 1.29 is 18.0 Å². The number of amides is 1. The van der Waals surface area contributed by atoms with E-state index >= 15 is 0 Å². The second-order valence-electron chi connectivity index (χ2n) is 6.66. The highest BCUT2D eigenvalue weighted by Crippen LogP contribution is 2.22. The number of hydrogen-bond acceptors (Lipinski definition) is 6. The Kier molecular flexibility index (Phi) is 5.07. The molecule has 7 nitrogen and oxygen atoms in total. The fourth-order valence-electron chi connectivity index (χ4n) is 3.13. The topological polar surface area (TPSA) is 85.3 Å². The van der Waals surface area contributed by atoms with E-state index in [-0.39, 0.29) is 24.2 Å². The highest BCUT2D eigenvalue weighted by atomic mass is 19.1. The standard InChI is InChI=1S/C21H19FN4O3/c1-3-8-26(12-19-24-25-20(29-19)18-5-4-9-28-18)21(27)16-10-14-6-7-15(22)11-17(14)23-13(16)2/h4-7,9-11H,3,8,12H2,1-2H3. The number of nitrogens with zero attached hydrogens (tertiary/aromatic N) is 4. The van der Waals surface area contributed by atoms with Crippen molar-refractivity contribution in [2.45, 2.75) is 26.8 Å². The van der Waals surface area contributed by atoms with Crippen LogP contribution in [0.3, 0.4) is 0 Å². The molecule has 0 radical (unpaired) electrons. The number of aryl methyl sites for hydroxylation is 1. The molecule has 0 saturated heterocycles. The minimum Gasteiger partial charge on any atom is -0.459 e. The molecule has 148 valence electrons.